The first-order valence-electron chi connectivity index (χ1n) is 5.94. The van der Waals surface area contributed by atoms with Crippen molar-refractivity contribution in [1.29, 1.82) is 0 Å². The molecule has 0 aromatic heterocycles. The van der Waals surface area contributed by atoms with Crippen LogP contribution in [0.4, 0.5) is 5.69 Å². The highest BCUT2D eigenvalue weighted by Gasteiger charge is 2.06. The summed E-state index contributed by atoms with van der Waals surface area (Å²) in [5.74, 6) is 0. The summed E-state index contributed by atoms with van der Waals surface area (Å²) in [4.78, 5) is 0. The van der Waals surface area contributed by atoms with Crippen molar-refractivity contribution < 1.29 is 10.2 Å². The monoisotopic (exact) mass is 243 g/mol. The maximum atomic E-state index is 9.02. The number of aliphatic hydroxyl groups excluding tert-OH is 2. The van der Waals surface area contributed by atoms with Gasteiger partial charge in [-0.3, -0.25) is 0 Å². The Balaban J connectivity index is 2.40. The van der Waals surface area contributed by atoms with E-state index in [9.17, 15) is 0 Å². The molecule has 3 nitrogen and oxygen atoms in total. The molecular formula is C15H17NO2. The number of benzene rings is 2. The van der Waals surface area contributed by atoms with Crippen molar-refractivity contribution in [2.75, 3.05) is 12.3 Å². The van der Waals surface area contributed by atoms with Gasteiger partial charge in [-0.1, -0.05) is 42.5 Å². The Morgan fingerprint density at radius 2 is 1.67 bits per heavy atom. The van der Waals surface area contributed by atoms with Gasteiger partial charge in [-0.25, -0.2) is 0 Å². The number of hydrogen-bond acceptors (Lipinski definition) is 3. The second kappa shape index (κ2) is 5.67. The summed E-state index contributed by atoms with van der Waals surface area (Å²) in [6.45, 7) is 0.136. The molecular weight excluding hydrogens is 226 g/mol. The average Bonchev–Trinajstić information content (AvgIpc) is 2.42. The number of anilines is 1. The molecule has 18 heavy (non-hydrogen) atoms. The Bertz CT molecular complexity index is 521. The molecule has 0 aliphatic heterocycles. The Morgan fingerprint density at radius 3 is 2.28 bits per heavy atom. The van der Waals surface area contributed by atoms with Crippen LogP contribution >= 0.6 is 0 Å². The number of nitrogen functional groups attached to an aromatic ring is 1. The molecule has 0 saturated heterocycles. The maximum Gasteiger partial charge on any atom is 0.0681 e. The standard InChI is InChI=1S/C15H17NO2/c16-15-13(8-9-17)2-1-3-14(15)12-6-4-11(10-18)5-7-12/h1-7,17-18H,8-10,16H2. The smallest absolute Gasteiger partial charge is 0.0681 e. The Labute approximate surface area is 107 Å². The van der Waals surface area contributed by atoms with E-state index >= 15 is 0 Å². The lowest BCUT2D eigenvalue weighted by Crippen LogP contribution is -1.99. The van der Waals surface area contributed by atoms with Gasteiger partial charge in [0.05, 0.1) is 6.61 Å². The van der Waals surface area contributed by atoms with Crippen molar-refractivity contribution in [2.24, 2.45) is 0 Å². The van der Waals surface area contributed by atoms with E-state index in [0.29, 0.717) is 12.1 Å². The van der Waals surface area contributed by atoms with E-state index in [1.807, 2.05) is 42.5 Å². The predicted octanol–water partition coefficient (Wildman–Crippen LogP) is 1.96. The molecule has 2 aromatic carbocycles. The maximum absolute atomic E-state index is 9.02. The molecule has 0 saturated carbocycles. The first-order valence-corrected chi connectivity index (χ1v) is 5.94. The highest BCUT2D eigenvalue weighted by molar-refractivity contribution is 5.78. The normalized spacial score (nSPS) is 10.6. The third kappa shape index (κ3) is 2.53. The van der Waals surface area contributed by atoms with Gasteiger partial charge in [0, 0.05) is 17.9 Å². The topological polar surface area (TPSA) is 66.5 Å². The van der Waals surface area contributed by atoms with Gasteiger partial charge in [0.1, 0.15) is 0 Å². The van der Waals surface area contributed by atoms with E-state index in [4.69, 9.17) is 15.9 Å². The van der Waals surface area contributed by atoms with Crippen LogP contribution in [0.3, 0.4) is 0 Å². The van der Waals surface area contributed by atoms with Gasteiger partial charge in [-0.05, 0) is 23.1 Å². The van der Waals surface area contributed by atoms with Crippen LogP contribution < -0.4 is 5.73 Å². The van der Waals surface area contributed by atoms with E-state index in [1.54, 1.807) is 0 Å². The molecule has 94 valence electrons. The first kappa shape index (κ1) is 12.6. The van der Waals surface area contributed by atoms with Crippen LogP contribution in [0.2, 0.25) is 0 Å². The minimum Gasteiger partial charge on any atom is -0.398 e. The van der Waals surface area contributed by atoms with Crippen LogP contribution in [0, 0.1) is 0 Å². The minimum atomic E-state index is 0.0420. The fourth-order valence-corrected chi connectivity index (χ4v) is 1.99. The summed E-state index contributed by atoms with van der Waals surface area (Å²) in [6.07, 6.45) is 0.564. The summed E-state index contributed by atoms with van der Waals surface area (Å²) in [7, 11) is 0. The van der Waals surface area contributed by atoms with E-state index in [1.165, 1.54) is 0 Å². The summed E-state index contributed by atoms with van der Waals surface area (Å²) in [5, 5.41) is 18.0. The zero-order valence-corrected chi connectivity index (χ0v) is 10.1. The molecule has 0 atom stereocenters. The lowest BCUT2D eigenvalue weighted by atomic mass is 9.98. The zero-order valence-electron chi connectivity index (χ0n) is 10.1. The molecule has 2 aromatic rings. The van der Waals surface area contributed by atoms with E-state index < -0.39 is 0 Å². The number of rotatable bonds is 4. The molecule has 3 heteroatoms. The largest absolute Gasteiger partial charge is 0.398 e. The van der Waals surface area contributed by atoms with Crippen molar-refractivity contribution >= 4 is 5.69 Å². The van der Waals surface area contributed by atoms with E-state index in [-0.39, 0.29) is 13.2 Å². The SMILES string of the molecule is Nc1c(CCO)cccc1-c1ccc(CO)cc1. The quantitative estimate of drug-likeness (QED) is 0.719. The summed E-state index contributed by atoms with van der Waals surface area (Å²) >= 11 is 0. The fourth-order valence-electron chi connectivity index (χ4n) is 1.99. The molecule has 0 amide bonds. The van der Waals surface area contributed by atoms with Gasteiger partial charge in [-0.2, -0.15) is 0 Å². The fraction of sp³-hybridized carbons (Fsp3) is 0.200. The molecule has 0 aliphatic carbocycles. The van der Waals surface area contributed by atoms with Crippen molar-refractivity contribution in [3.8, 4) is 11.1 Å². The minimum absolute atomic E-state index is 0.0420. The second-order valence-electron chi connectivity index (χ2n) is 4.21. The van der Waals surface area contributed by atoms with E-state index in [2.05, 4.69) is 0 Å². The highest BCUT2D eigenvalue weighted by atomic mass is 16.3. The van der Waals surface area contributed by atoms with Gasteiger partial charge < -0.3 is 15.9 Å². The third-order valence-corrected chi connectivity index (χ3v) is 3.03. The van der Waals surface area contributed by atoms with Gasteiger partial charge in [0.25, 0.3) is 0 Å². The number of aliphatic hydroxyl groups is 2. The Morgan fingerprint density at radius 1 is 0.944 bits per heavy atom. The lowest BCUT2D eigenvalue weighted by Gasteiger charge is -2.11. The first-order chi connectivity index (χ1) is 8.76. The summed E-state index contributed by atoms with van der Waals surface area (Å²) in [6, 6.07) is 13.5. The number of nitrogens with two attached hydrogens (primary N) is 1. The van der Waals surface area contributed by atoms with Crippen LogP contribution in [-0.4, -0.2) is 16.8 Å². The van der Waals surface area contributed by atoms with Gasteiger partial charge in [0.2, 0.25) is 0 Å². The average molecular weight is 243 g/mol. The molecule has 0 bridgehead atoms. The van der Waals surface area contributed by atoms with Gasteiger partial charge in [-0.15, -0.1) is 0 Å². The van der Waals surface area contributed by atoms with Crippen molar-refractivity contribution in [3.63, 3.8) is 0 Å². The van der Waals surface area contributed by atoms with Crippen molar-refractivity contribution in [3.05, 3.63) is 53.6 Å². The molecule has 4 N–H and O–H groups in total. The van der Waals surface area contributed by atoms with Crippen LogP contribution in [0.5, 0.6) is 0 Å². The van der Waals surface area contributed by atoms with Gasteiger partial charge >= 0.3 is 0 Å². The van der Waals surface area contributed by atoms with Crippen molar-refractivity contribution in [2.45, 2.75) is 13.0 Å². The lowest BCUT2D eigenvalue weighted by molar-refractivity contribution is 0.282. The van der Waals surface area contributed by atoms with Crippen LogP contribution in [-0.2, 0) is 13.0 Å². The number of para-hydroxylation sites is 1. The van der Waals surface area contributed by atoms with Crippen LogP contribution in [0.15, 0.2) is 42.5 Å². The zero-order chi connectivity index (χ0) is 13.0. The Kier molecular flexibility index (Phi) is 3.97. The van der Waals surface area contributed by atoms with E-state index in [0.717, 1.165) is 22.3 Å². The predicted molar refractivity (Wildman–Crippen MR) is 73.0 cm³/mol. The van der Waals surface area contributed by atoms with Crippen LogP contribution in [0.1, 0.15) is 11.1 Å². The summed E-state index contributed by atoms with van der Waals surface area (Å²) in [5.41, 5.74) is 10.6. The van der Waals surface area contributed by atoms with Gasteiger partial charge in [0.15, 0.2) is 0 Å². The molecule has 0 fully saturated rings. The molecule has 0 unspecified atom stereocenters. The third-order valence-electron chi connectivity index (χ3n) is 3.03. The second-order valence-corrected chi connectivity index (χ2v) is 4.21. The Hall–Kier alpha value is -1.84. The molecule has 0 spiro atoms. The highest BCUT2D eigenvalue weighted by Crippen LogP contribution is 2.29. The molecule has 2 rings (SSSR count). The number of hydrogen-bond donors (Lipinski definition) is 3. The van der Waals surface area contributed by atoms with Crippen molar-refractivity contribution in [1.82, 2.24) is 0 Å². The molecule has 0 radical (unpaired) electrons. The summed E-state index contributed by atoms with van der Waals surface area (Å²) < 4.78 is 0. The molecule has 0 heterocycles. The van der Waals surface area contributed by atoms with Crippen LogP contribution in [0.25, 0.3) is 11.1 Å². The molecule has 0 aliphatic rings.